The lowest BCUT2D eigenvalue weighted by molar-refractivity contribution is 0.247. The van der Waals surface area contributed by atoms with Gasteiger partial charge in [0.2, 0.25) is 0 Å². The number of hydrogen-bond donors (Lipinski definition) is 0. The Kier molecular flexibility index (Phi) is 7.08. The SMILES string of the molecule is CCCCN(Cc1cccc(-c2ccccn2)n1)Cc1cccc(-c2ccccn2)n1. The molecule has 0 amide bonds. The topological polar surface area (TPSA) is 54.8 Å². The third kappa shape index (κ3) is 5.80. The fraction of sp³-hybridized carbons (Fsp3) is 0.231. The number of aromatic nitrogens is 4. The molecular weight excluding hydrogens is 382 g/mol. The van der Waals surface area contributed by atoms with Crippen molar-refractivity contribution in [2.75, 3.05) is 6.54 Å². The van der Waals surface area contributed by atoms with Gasteiger partial charge in [0.05, 0.1) is 34.2 Å². The molecule has 0 aliphatic rings. The molecule has 0 bridgehead atoms. The fourth-order valence-corrected chi connectivity index (χ4v) is 3.50. The zero-order valence-electron chi connectivity index (χ0n) is 17.9. The molecule has 156 valence electrons. The van der Waals surface area contributed by atoms with Crippen molar-refractivity contribution >= 4 is 0 Å². The van der Waals surface area contributed by atoms with E-state index in [9.17, 15) is 0 Å². The molecule has 4 aromatic heterocycles. The van der Waals surface area contributed by atoms with Gasteiger partial charge in [0.25, 0.3) is 0 Å². The van der Waals surface area contributed by atoms with E-state index < -0.39 is 0 Å². The van der Waals surface area contributed by atoms with Crippen LogP contribution in [0.3, 0.4) is 0 Å². The maximum absolute atomic E-state index is 4.86. The van der Waals surface area contributed by atoms with Crippen LogP contribution >= 0.6 is 0 Å². The largest absolute Gasteiger partial charge is 0.292 e. The molecule has 0 aliphatic heterocycles. The van der Waals surface area contributed by atoms with Gasteiger partial charge >= 0.3 is 0 Å². The van der Waals surface area contributed by atoms with Crippen LogP contribution in [0.25, 0.3) is 22.8 Å². The summed E-state index contributed by atoms with van der Waals surface area (Å²) >= 11 is 0. The summed E-state index contributed by atoms with van der Waals surface area (Å²) in [4.78, 5) is 21.0. The Morgan fingerprint density at radius 1 is 0.613 bits per heavy atom. The van der Waals surface area contributed by atoms with E-state index in [1.165, 1.54) is 0 Å². The van der Waals surface area contributed by atoms with E-state index in [-0.39, 0.29) is 0 Å². The second-order valence-electron chi connectivity index (χ2n) is 7.52. The summed E-state index contributed by atoms with van der Waals surface area (Å²) in [5.41, 5.74) is 5.69. The van der Waals surface area contributed by atoms with Gasteiger partial charge in [0.1, 0.15) is 0 Å². The van der Waals surface area contributed by atoms with Gasteiger partial charge in [-0.2, -0.15) is 0 Å². The highest BCUT2D eigenvalue weighted by atomic mass is 15.1. The van der Waals surface area contributed by atoms with Crippen LogP contribution in [0.2, 0.25) is 0 Å². The first-order valence-electron chi connectivity index (χ1n) is 10.8. The number of hydrogen-bond acceptors (Lipinski definition) is 5. The second kappa shape index (κ2) is 10.5. The minimum Gasteiger partial charge on any atom is -0.292 e. The van der Waals surface area contributed by atoms with Crippen molar-refractivity contribution < 1.29 is 0 Å². The van der Waals surface area contributed by atoms with Crippen molar-refractivity contribution in [2.45, 2.75) is 32.9 Å². The molecule has 5 heteroatoms. The van der Waals surface area contributed by atoms with E-state index in [2.05, 4.69) is 46.1 Å². The predicted molar refractivity (Wildman–Crippen MR) is 124 cm³/mol. The van der Waals surface area contributed by atoms with Crippen LogP contribution in [-0.4, -0.2) is 31.4 Å². The summed E-state index contributed by atoms with van der Waals surface area (Å²) < 4.78 is 0. The maximum Gasteiger partial charge on any atom is 0.0890 e. The van der Waals surface area contributed by atoms with E-state index in [0.29, 0.717) is 0 Å². The maximum atomic E-state index is 4.86. The van der Waals surface area contributed by atoms with Crippen molar-refractivity contribution in [3.05, 3.63) is 96.6 Å². The Bertz CT molecular complexity index is 998. The lowest BCUT2D eigenvalue weighted by Crippen LogP contribution is -2.25. The van der Waals surface area contributed by atoms with Gasteiger partial charge < -0.3 is 0 Å². The molecule has 31 heavy (non-hydrogen) atoms. The normalized spacial score (nSPS) is 11.0. The van der Waals surface area contributed by atoms with Crippen LogP contribution in [0, 0.1) is 0 Å². The first-order chi connectivity index (χ1) is 15.3. The van der Waals surface area contributed by atoms with Crippen LogP contribution < -0.4 is 0 Å². The number of unbranched alkanes of at least 4 members (excludes halogenated alkanes) is 1. The molecule has 4 aromatic rings. The number of nitrogens with zero attached hydrogens (tertiary/aromatic N) is 5. The standard InChI is InChI=1S/C26H27N5/c1-2-3-18-31(19-21-10-8-14-25(29-21)23-12-4-6-16-27-23)20-22-11-9-15-26(30-22)24-13-5-7-17-28-24/h4-17H,2-3,18-20H2,1H3. The monoisotopic (exact) mass is 409 g/mol. The molecule has 0 unspecified atom stereocenters. The Labute approximate surface area is 183 Å². The average molecular weight is 410 g/mol. The molecule has 0 saturated heterocycles. The summed E-state index contributed by atoms with van der Waals surface area (Å²) in [5, 5.41) is 0. The molecule has 4 rings (SSSR count). The first kappa shape index (κ1) is 20.8. The predicted octanol–water partition coefficient (Wildman–Crippen LogP) is 5.40. The van der Waals surface area contributed by atoms with Gasteiger partial charge in [-0.15, -0.1) is 0 Å². The molecule has 0 saturated carbocycles. The molecule has 4 heterocycles. The van der Waals surface area contributed by atoms with Crippen LogP contribution in [0.4, 0.5) is 0 Å². The minimum atomic E-state index is 0.774. The van der Waals surface area contributed by atoms with E-state index in [4.69, 9.17) is 9.97 Å². The van der Waals surface area contributed by atoms with Crippen molar-refractivity contribution in [3.63, 3.8) is 0 Å². The highest BCUT2D eigenvalue weighted by Gasteiger charge is 2.11. The van der Waals surface area contributed by atoms with Gasteiger partial charge in [-0.1, -0.05) is 37.6 Å². The highest BCUT2D eigenvalue weighted by molar-refractivity contribution is 5.54. The van der Waals surface area contributed by atoms with E-state index in [0.717, 1.165) is 66.6 Å². The van der Waals surface area contributed by atoms with Crippen molar-refractivity contribution in [3.8, 4) is 22.8 Å². The smallest absolute Gasteiger partial charge is 0.0890 e. The van der Waals surface area contributed by atoms with Gasteiger partial charge in [0.15, 0.2) is 0 Å². The van der Waals surface area contributed by atoms with E-state index in [1.54, 1.807) is 12.4 Å². The molecule has 0 aromatic carbocycles. The summed E-state index contributed by atoms with van der Waals surface area (Å²) in [6.07, 6.45) is 5.90. The molecule has 0 spiro atoms. The summed E-state index contributed by atoms with van der Waals surface area (Å²) in [5.74, 6) is 0. The zero-order chi connectivity index (χ0) is 21.3. The lowest BCUT2D eigenvalue weighted by atomic mass is 10.2. The quantitative estimate of drug-likeness (QED) is 0.370. The highest BCUT2D eigenvalue weighted by Crippen LogP contribution is 2.18. The van der Waals surface area contributed by atoms with Crippen LogP contribution in [0.5, 0.6) is 0 Å². The van der Waals surface area contributed by atoms with Gasteiger partial charge in [-0.25, -0.2) is 9.97 Å². The third-order valence-corrected chi connectivity index (χ3v) is 5.07. The summed E-state index contributed by atoms with van der Waals surface area (Å²) in [6, 6.07) is 24.1. The fourth-order valence-electron chi connectivity index (χ4n) is 3.50. The minimum absolute atomic E-state index is 0.774. The number of pyridine rings is 4. The second-order valence-corrected chi connectivity index (χ2v) is 7.52. The molecule has 0 atom stereocenters. The Balaban J connectivity index is 1.52. The Morgan fingerprint density at radius 2 is 1.13 bits per heavy atom. The van der Waals surface area contributed by atoms with Crippen LogP contribution in [0.15, 0.2) is 85.2 Å². The molecule has 0 radical (unpaired) electrons. The average Bonchev–Trinajstić information content (AvgIpc) is 2.84. The van der Waals surface area contributed by atoms with Gasteiger partial charge in [0, 0.05) is 25.5 Å². The van der Waals surface area contributed by atoms with Crippen molar-refractivity contribution in [1.82, 2.24) is 24.8 Å². The molecule has 0 N–H and O–H groups in total. The van der Waals surface area contributed by atoms with Crippen LogP contribution in [-0.2, 0) is 13.1 Å². The Morgan fingerprint density at radius 3 is 1.58 bits per heavy atom. The molecular formula is C26H27N5. The lowest BCUT2D eigenvalue weighted by Gasteiger charge is -2.22. The molecule has 5 nitrogen and oxygen atoms in total. The van der Waals surface area contributed by atoms with E-state index >= 15 is 0 Å². The van der Waals surface area contributed by atoms with Gasteiger partial charge in [-0.05, 0) is 61.5 Å². The van der Waals surface area contributed by atoms with Crippen molar-refractivity contribution in [2.24, 2.45) is 0 Å². The number of rotatable bonds is 9. The third-order valence-electron chi connectivity index (χ3n) is 5.07. The first-order valence-corrected chi connectivity index (χ1v) is 10.8. The summed E-state index contributed by atoms with van der Waals surface area (Å²) in [6.45, 7) is 4.77. The van der Waals surface area contributed by atoms with Crippen LogP contribution in [0.1, 0.15) is 31.2 Å². The summed E-state index contributed by atoms with van der Waals surface area (Å²) in [7, 11) is 0. The molecule has 0 fully saturated rings. The Hall–Kier alpha value is -3.44. The molecule has 0 aliphatic carbocycles. The zero-order valence-corrected chi connectivity index (χ0v) is 17.9. The van der Waals surface area contributed by atoms with E-state index in [1.807, 2.05) is 48.5 Å². The van der Waals surface area contributed by atoms with Gasteiger partial charge in [-0.3, -0.25) is 14.9 Å². The van der Waals surface area contributed by atoms with Crippen molar-refractivity contribution in [1.29, 1.82) is 0 Å².